The smallest absolute Gasteiger partial charge is 0.220 e. The number of carbonyl (C=O) groups excluding carboxylic acids is 1. The van der Waals surface area contributed by atoms with Crippen molar-refractivity contribution in [3.63, 3.8) is 0 Å². The molecule has 0 atom stereocenters. The molecule has 0 saturated carbocycles. The monoisotopic (exact) mass is 354 g/mol. The fourth-order valence-electron chi connectivity index (χ4n) is 2.63. The Labute approximate surface area is 151 Å². The van der Waals surface area contributed by atoms with Crippen LogP contribution in [0, 0.1) is 13.8 Å². The molecule has 5 nitrogen and oxygen atoms in total. The summed E-state index contributed by atoms with van der Waals surface area (Å²) in [4.78, 5) is 16.6. The number of hydrogen-bond acceptors (Lipinski definition) is 4. The normalized spacial score (nSPS) is 11.0. The second-order valence-electron chi connectivity index (χ2n) is 6.02. The molecule has 0 radical (unpaired) electrons. The van der Waals surface area contributed by atoms with Crippen molar-refractivity contribution in [2.24, 2.45) is 0 Å². The molecule has 6 heteroatoms. The largest absolute Gasteiger partial charge is 0.354 e. The van der Waals surface area contributed by atoms with Crippen LogP contribution in [0.2, 0.25) is 0 Å². The summed E-state index contributed by atoms with van der Waals surface area (Å²) in [7, 11) is 0. The van der Waals surface area contributed by atoms with Crippen LogP contribution in [-0.4, -0.2) is 33.0 Å². The molecule has 3 aromatic rings. The fraction of sp³-hybridized carbons (Fsp3) is 0.316. The average molecular weight is 354 g/mol. The van der Waals surface area contributed by atoms with Crippen molar-refractivity contribution in [1.82, 2.24) is 20.1 Å². The Kier molecular flexibility index (Phi) is 5.71. The van der Waals surface area contributed by atoms with E-state index in [-0.39, 0.29) is 5.91 Å². The number of aromatic nitrogens is 3. The number of amides is 1. The lowest BCUT2D eigenvalue weighted by atomic mass is 10.1. The van der Waals surface area contributed by atoms with E-state index in [0.717, 1.165) is 16.3 Å². The number of thioether (sulfide) groups is 1. The number of nitrogens with zero attached hydrogens (tertiary/aromatic N) is 3. The van der Waals surface area contributed by atoms with Crippen molar-refractivity contribution in [1.29, 1.82) is 0 Å². The first-order valence-electron chi connectivity index (χ1n) is 8.37. The van der Waals surface area contributed by atoms with Gasteiger partial charge in [0.05, 0.1) is 17.1 Å². The van der Waals surface area contributed by atoms with E-state index < -0.39 is 0 Å². The van der Waals surface area contributed by atoms with Gasteiger partial charge in [-0.05, 0) is 43.7 Å². The van der Waals surface area contributed by atoms with E-state index in [9.17, 15) is 4.79 Å². The van der Waals surface area contributed by atoms with Crippen molar-refractivity contribution in [3.8, 4) is 0 Å². The van der Waals surface area contributed by atoms with Gasteiger partial charge < -0.3 is 5.32 Å². The second-order valence-corrected chi connectivity index (χ2v) is 7.13. The Balaban J connectivity index is 1.47. The van der Waals surface area contributed by atoms with E-state index in [1.807, 2.05) is 12.3 Å². The van der Waals surface area contributed by atoms with Crippen LogP contribution in [0.1, 0.15) is 17.5 Å². The highest BCUT2D eigenvalue weighted by atomic mass is 32.2. The molecule has 1 aromatic carbocycles. The molecule has 0 bridgehead atoms. The molecule has 1 N–H and O–H groups in total. The summed E-state index contributed by atoms with van der Waals surface area (Å²) >= 11 is 1.62. The van der Waals surface area contributed by atoms with E-state index in [4.69, 9.17) is 0 Å². The summed E-state index contributed by atoms with van der Waals surface area (Å²) < 4.78 is 1.80. The maximum atomic E-state index is 11.9. The van der Waals surface area contributed by atoms with Gasteiger partial charge in [-0.1, -0.05) is 11.6 Å². The topological polar surface area (TPSA) is 59.8 Å². The van der Waals surface area contributed by atoms with Gasteiger partial charge in [0, 0.05) is 36.5 Å². The molecule has 2 heterocycles. The van der Waals surface area contributed by atoms with Gasteiger partial charge in [0.2, 0.25) is 5.91 Å². The minimum atomic E-state index is 0.0628. The third-order valence-electron chi connectivity index (χ3n) is 3.95. The summed E-state index contributed by atoms with van der Waals surface area (Å²) in [6.07, 6.45) is 4.10. The van der Waals surface area contributed by atoms with E-state index in [1.54, 1.807) is 22.6 Å². The first-order chi connectivity index (χ1) is 12.1. The molecule has 25 heavy (non-hydrogen) atoms. The molecule has 2 aromatic heterocycles. The van der Waals surface area contributed by atoms with Crippen LogP contribution < -0.4 is 5.32 Å². The molecule has 0 aliphatic heterocycles. The molecule has 0 fully saturated rings. The number of benzene rings is 1. The average Bonchev–Trinajstić information content (AvgIpc) is 3.09. The molecular formula is C19H22N4OS. The summed E-state index contributed by atoms with van der Waals surface area (Å²) in [6.45, 7) is 5.48. The predicted octanol–water partition coefficient (Wildman–Crippen LogP) is 3.35. The van der Waals surface area contributed by atoms with E-state index >= 15 is 0 Å². The van der Waals surface area contributed by atoms with Gasteiger partial charge in [0.15, 0.2) is 0 Å². The molecule has 0 unspecified atom stereocenters. The summed E-state index contributed by atoms with van der Waals surface area (Å²) in [5.41, 5.74) is 3.47. The number of carbonyl (C=O) groups is 1. The summed E-state index contributed by atoms with van der Waals surface area (Å²) in [5.74, 6) is 0.782. The zero-order chi connectivity index (χ0) is 17.6. The number of nitrogens with one attached hydrogen (secondary N) is 1. The standard InChI is InChI=1S/C19H22N4OS/c1-14-4-5-17-16(12-14)15(2)13-19(22-17)25-11-6-18(24)20-8-10-23-9-3-7-21-23/h3-5,7,9,12-13H,6,8,10-11H2,1-2H3,(H,20,24). The van der Waals surface area contributed by atoms with Gasteiger partial charge >= 0.3 is 0 Å². The van der Waals surface area contributed by atoms with Gasteiger partial charge in [-0.15, -0.1) is 11.8 Å². The van der Waals surface area contributed by atoms with Crippen LogP contribution in [0.25, 0.3) is 10.9 Å². The van der Waals surface area contributed by atoms with Gasteiger partial charge in [-0.25, -0.2) is 4.98 Å². The van der Waals surface area contributed by atoms with Gasteiger partial charge in [0.1, 0.15) is 0 Å². The van der Waals surface area contributed by atoms with E-state index in [0.29, 0.717) is 19.5 Å². The molecule has 130 valence electrons. The molecule has 3 rings (SSSR count). The number of pyridine rings is 1. The first kappa shape index (κ1) is 17.5. The highest BCUT2D eigenvalue weighted by Gasteiger charge is 2.06. The number of hydrogen-bond donors (Lipinski definition) is 1. The molecular weight excluding hydrogens is 332 g/mol. The molecule has 0 aliphatic carbocycles. The Bertz CT molecular complexity index is 861. The van der Waals surface area contributed by atoms with Gasteiger partial charge in [-0.3, -0.25) is 9.48 Å². The zero-order valence-electron chi connectivity index (χ0n) is 14.5. The van der Waals surface area contributed by atoms with Crippen molar-refractivity contribution >= 4 is 28.6 Å². The predicted molar refractivity (Wildman–Crippen MR) is 102 cm³/mol. The third-order valence-corrected chi connectivity index (χ3v) is 4.86. The van der Waals surface area contributed by atoms with E-state index in [2.05, 4.69) is 53.5 Å². The van der Waals surface area contributed by atoms with Gasteiger partial charge in [0.25, 0.3) is 0 Å². The first-order valence-corrected chi connectivity index (χ1v) is 9.35. The van der Waals surface area contributed by atoms with Gasteiger partial charge in [-0.2, -0.15) is 5.10 Å². The van der Waals surface area contributed by atoms with Crippen LogP contribution >= 0.6 is 11.8 Å². The fourth-order valence-corrected chi connectivity index (χ4v) is 3.55. The van der Waals surface area contributed by atoms with Crippen molar-refractivity contribution in [2.45, 2.75) is 31.8 Å². The zero-order valence-corrected chi connectivity index (χ0v) is 15.3. The maximum Gasteiger partial charge on any atom is 0.220 e. The Hall–Kier alpha value is -2.34. The summed E-state index contributed by atoms with van der Waals surface area (Å²) in [5, 5.41) is 9.19. The number of rotatable bonds is 7. The Morgan fingerprint density at radius 3 is 2.96 bits per heavy atom. The SMILES string of the molecule is Cc1ccc2nc(SCCC(=O)NCCn3cccn3)cc(C)c2c1. The minimum absolute atomic E-state index is 0.0628. The second kappa shape index (κ2) is 8.16. The van der Waals surface area contributed by atoms with Crippen LogP contribution in [0.15, 0.2) is 47.8 Å². The van der Waals surface area contributed by atoms with Crippen LogP contribution in [0.5, 0.6) is 0 Å². The van der Waals surface area contributed by atoms with Crippen molar-refractivity contribution in [3.05, 3.63) is 53.9 Å². The number of aryl methyl sites for hydroxylation is 2. The van der Waals surface area contributed by atoms with E-state index in [1.165, 1.54) is 16.5 Å². The molecule has 0 spiro atoms. The van der Waals surface area contributed by atoms with Crippen LogP contribution in [0.4, 0.5) is 0 Å². The molecule has 0 aliphatic rings. The maximum absolute atomic E-state index is 11.9. The lowest BCUT2D eigenvalue weighted by Crippen LogP contribution is -2.27. The Morgan fingerprint density at radius 2 is 2.16 bits per heavy atom. The summed E-state index contributed by atoms with van der Waals surface area (Å²) in [6, 6.07) is 10.3. The van der Waals surface area contributed by atoms with Crippen LogP contribution in [-0.2, 0) is 11.3 Å². The lowest BCUT2D eigenvalue weighted by Gasteiger charge is -2.08. The minimum Gasteiger partial charge on any atom is -0.354 e. The third kappa shape index (κ3) is 4.82. The highest BCUT2D eigenvalue weighted by Crippen LogP contribution is 2.24. The lowest BCUT2D eigenvalue weighted by molar-refractivity contribution is -0.120. The molecule has 1 amide bonds. The Morgan fingerprint density at radius 1 is 1.28 bits per heavy atom. The quantitative estimate of drug-likeness (QED) is 0.661. The number of fused-ring (bicyclic) bond motifs is 1. The van der Waals surface area contributed by atoms with Crippen molar-refractivity contribution in [2.75, 3.05) is 12.3 Å². The van der Waals surface area contributed by atoms with Crippen LogP contribution in [0.3, 0.4) is 0 Å². The highest BCUT2D eigenvalue weighted by molar-refractivity contribution is 7.99. The molecule has 0 saturated heterocycles. The van der Waals surface area contributed by atoms with Crippen molar-refractivity contribution < 1.29 is 4.79 Å².